The van der Waals surface area contributed by atoms with Crippen molar-refractivity contribution < 1.29 is 0 Å². The Bertz CT molecular complexity index is 1190. The second-order valence-corrected chi connectivity index (χ2v) is 14.1. The average molecular weight is 589 g/mol. The third kappa shape index (κ3) is 6.95. The van der Waals surface area contributed by atoms with Crippen LogP contribution in [0, 0.1) is 0 Å². The van der Waals surface area contributed by atoms with Gasteiger partial charge < -0.3 is 0 Å². The van der Waals surface area contributed by atoms with Crippen molar-refractivity contribution in [2.45, 2.75) is 128 Å². The smallest absolute Gasteiger partial charge is 0.0466 e. The summed E-state index contributed by atoms with van der Waals surface area (Å²) in [5, 5.41) is 0. The Morgan fingerprint density at radius 2 is 0.727 bits per heavy atom. The molecule has 8 unspecified atom stereocenters. The molecule has 4 aliphatic rings. The Morgan fingerprint density at radius 3 is 1.09 bits per heavy atom. The van der Waals surface area contributed by atoms with Crippen LogP contribution in [0.15, 0.2) is 73.6 Å². The van der Waals surface area contributed by atoms with E-state index in [-0.39, 0.29) is 0 Å². The van der Waals surface area contributed by atoms with Crippen LogP contribution < -0.4 is 0 Å². The summed E-state index contributed by atoms with van der Waals surface area (Å²) in [4.78, 5) is 17.1. The average Bonchev–Trinajstić information content (AvgIpc) is 3.71. The van der Waals surface area contributed by atoms with E-state index in [1.54, 1.807) is 0 Å². The summed E-state index contributed by atoms with van der Waals surface area (Å²) >= 11 is 0. The minimum atomic E-state index is 0.668. The normalized spacial score (nSPS) is 28.5. The molecule has 0 spiro atoms. The molecule has 4 aromatic heterocycles. The maximum absolute atomic E-state index is 4.39. The molecule has 0 saturated carbocycles. The molecule has 0 aliphatic heterocycles. The maximum atomic E-state index is 4.39. The van der Waals surface area contributed by atoms with Crippen LogP contribution in [0.25, 0.3) is 0 Å². The van der Waals surface area contributed by atoms with E-state index in [4.69, 9.17) is 0 Å². The molecule has 0 bridgehead atoms. The zero-order valence-corrected chi connectivity index (χ0v) is 28.2. The van der Waals surface area contributed by atoms with E-state index in [0.717, 1.165) is 11.8 Å². The topological polar surface area (TPSA) is 51.6 Å². The van der Waals surface area contributed by atoms with Crippen molar-refractivity contribution in [2.75, 3.05) is 0 Å². The van der Waals surface area contributed by atoms with Gasteiger partial charge in [0, 0.05) is 48.6 Å². The van der Waals surface area contributed by atoms with Gasteiger partial charge >= 0.3 is 0 Å². The van der Waals surface area contributed by atoms with Gasteiger partial charge in [-0.15, -0.1) is 0 Å². The Hall–Kier alpha value is -3.40. The van der Waals surface area contributed by atoms with Gasteiger partial charge in [0.1, 0.15) is 0 Å². The van der Waals surface area contributed by atoms with Gasteiger partial charge in [-0.3, -0.25) is 19.9 Å². The van der Waals surface area contributed by atoms with Crippen LogP contribution in [-0.4, -0.2) is 19.9 Å². The van der Waals surface area contributed by atoms with Crippen molar-refractivity contribution in [1.82, 2.24) is 19.9 Å². The Morgan fingerprint density at radius 1 is 0.386 bits per heavy atom. The molecule has 8 rings (SSSR count). The molecule has 8 atom stereocenters. The lowest BCUT2D eigenvalue weighted by molar-refractivity contribution is 0.655. The van der Waals surface area contributed by atoms with Gasteiger partial charge in [0.15, 0.2) is 0 Å². The predicted molar refractivity (Wildman–Crippen MR) is 183 cm³/mol. The summed E-state index contributed by atoms with van der Waals surface area (Å²) in [5.74, 6) is 5.68. The van der Waals surface area contributed by atoms with Gasteiger partial charge in [-0.1, -0.05) is 67.5 Å². The molecule has 4 aliphatic carbocycles. The van der Waals surface area contributed by atoms with Crippen LogP contribution in [0.4, 0.5) is 0 Å². The lowest BCUT2D eigenvalue weighted by Gasteiger charge is -2.01. The lowest BCUT2D eigenvalue weighted by atomic mass is 10.1. The summed E-state index contributed by atoms with van der Waals surface area (Å²) in [6.07, 6.45) is 16.7. The van der Waals surface area contributed by atoms with E-state index < -0.39 is 0 Å². The Kier molecular flexibility index (Phi) is 10.3. The third-order valence-electron chi connectivity index (χ3n) is 10.5. The van der Waals surface area contributed by atoms with Crippen LogP contribution in [-0.2, 0) is 0 Å². The zero-order valence-electron chi connectivity index (χ0n) is 28.2. The number of hydrogen-bond donors (Lipinski definition) is 0. The van der Waals surface area contributed by atoms with Crippen molar-refractivity contribution in [3.05, 3.63) is 118 Å². The minimum Gasteiger partial charge on any atom is -0.264 e. The molecule has 0 amide bonds. The molecule has 232 valence electrons. The van der Waals surface area contributed by atoms with Crippen molar-refractivity contribution in [2.24, 2.45) is 0 Å². The van der Waals surface area contributed by atoms with Crippen molar-refractivity contribution >= 4 is 0 Å². The monoisotopic (exact) mass is 588 g/mol. The first-order valence-corrected chi connectivity index (χ1v) is 16.9. The Balaban J connectivity index is 0.000000116. The van der Waals surface area contributed by atoms with Crippen LogP contribution in [0.3, 0.4) is 0 Å². The molecule has 4 heterocycles. The molecule has 4 heteroatoms. The molecule has 0 fully saturated rings. The molecule has 44 heavy (non-hydrogen) atoms. The second-order valence-electron chi connectivity index (χ2n) is 14.1. The van der Waals surface area contributed by atoms with E-state index in [2.05, 4.69) is 99.6 Å². The van der Waals surface area contributed by atoms with E-state index in [0.29, 0.717) is 35.5 Å². The number of fused-ring (bicyclic) bond motifs is 4. The van der Waals surface area contributed by atoms with Gasteiger partial charge in [0.05, 0.1) is 0 Å². The van der Waals surface area contributed by atoms with Crippen molar-refractivity contribution in [3.8, 4) is 0 Å². The van der Waals surface area contributed by atoms with Crippen LogP contribution >= 0.6 is 0 Å². The third-order valence-corrected chi connectivity index (χ3v) is 10.5. The highest BCUT2D eigenvalue weighted by Crippen LogP contribution is 2.42. The standard InChI is InChI=1S/4C10H13N/c2*1-7-5-8(2)10-6-11-4-3-9(7)10;2*1-7-6-8(2)10-9(7)4-3-5-11-10/h2*3-4,6-8H,5H2,1-2H3;2*3-5,7-8H,6H2,1-2H3. The number of hydrogen-bond acceptors (Lipinski definition) is 4. The van der Waals surface area contributed by atoms with Gasteiger partial charge in [-0.2, -0.15) is 0 Å². The quantitative estimate of drug-likeness (QED) is 0.205. The van der Waals surface area contributed by atoms with E-state index >= 15 is 0 Å². The molecule has 4 nitrogen and oxygen atoms in total. The van der Waals surface area contributed by atoms with E-state index in [1.807, 2.05) is 49.3 Å². The molecule has 4 aromatic rings. The predicted octanol–water partition coefficient (Wildman–Crippen LogP) is 10.8. The fourth-order valence-electron chi connectivity index (χ4n) is 8.18. The number of aromatic nitrogens is 4. The summed E-state index contributed by atoms with van der Waals surface area (Å²) in [6, 6.07) is 12.8. The van der Waals surface area contributed by atoms with Gasteiger partial charge in [-0.25, -0.2) is 0 Å². The summed E-state index contributed by atoms with van der Waals surface area (Å²) in [7, 11) is 0. The van der Waals surface area contributed by atoms with Crippen LogP contribution in [0.1, 0.15) is 173 Å². The number of nitrogens with zero attached hydrogens (tertiary/aromatic N) is 4. The zero-order chi connectivity index (χ0) is 31.4. The highest BCUT2D eigenvalue weighted by Gasteiger charge is 2.27. The maximum Gasteiger partial charge on any atom is 0.0466 e. The number of pyridine rings is 4. The minimum absolute atomic E-state index is 0.668. The highest BCUT2D eigenvalue weighted by molar-refractivity contribution is 5.36. The van der Waals surface area contributed by atoms with Crippen LogP contribution in [0.5, 0.6) is 0 Å². The molecular formula is C40H52N4. The van der Waals surface area contributed by atoms with E-state index in [1.165, 1.54) is 70.5 Å². The number of rotatable bonds is 0. The summed E-state index contributed by atoms with van der Waals surface area (Å²) in [6.45, 7) is 18.2. The molecule has 0 N–H and O–H groups in total. The fourth-order valence-corrected chi connectivity index (χ4v) is 8.18. The van der Waals surface area contributed by atoms with Crippen molar-refractivity contribution in [1.29, 1.82) is 0 Å². The van der Waals surface area contributed by atoms with Crippen LogP contribution in [0.2, 0.25) is 0 Å². The van der Waals surface area contributed by atoms with Crippen molar-refractivity contribution in [3.63, 3.8) is 0 Å². The molecule has 0 aromatic carbocycles. The van der Waals surface area contributed by atoms with E-state index in [9.17, 15) is 0 Å². The van der Waals surface area contributed by atoms with Gasteiger partial charge in [-0.05, 0) is 131 Å². The Labute approximate surface area is 266 Å². The largest absolute Gasteiger partial charge is 0.264 e. The highest BCUT2D eigenvalue weighted by atomic mass is 14.7. The van der Waals surface area contributed by atoms with Gasteiger partial charge in [0.25, 0.3) is 0 Å². The molecular weight excluding hydrogens is 536 g/mol. The molecule has 0 radical (unpaired) electrons. The summed E-state index contributed by atoms with van der Waals surface area (Å²) < 4.78 is 0. The fraction of sp³-hybridized carbons (Fsp3) is 0.500. The van der Waals surface area contributed by atoms with Gasteiger partial charge in [0.2, 0.25) is 0 Å². The molecule has 0 saturated heterocycles. The SMILES string of the molecule is CC1CC(C)c2cnccc21.CC1CC(C)c2cnccc21.CC1CC(C)c2ncccc21.CC1CC(C)c2ncccc21. The first-order chi connectivity index (χ1) is 21.2. The lowest BCUT2D eigenvalue weighted by Crippen LogP contribution is -1.89. The summed E-state index contributed by atoms with van der Waals surface area (Å²) in [5.41, 5.74) is 11.5. The first kappa shape index (κ1) is 32.0. The first-order valence-electron chi connectivity index (χ1n) is 16.9. The second kappa shape index (κ2) is 14.1.